The van der Waals surface area contributed by atoms with Crippen LogP contribution in [0, 0.1) is 17.0 Å². The standard InChI is InChI=1S/C27H24N4O4/c1-19-11-13-21(14-12-19)23(18-31(34)35)27(30-16-15-25(32)28-30)22-9-5-6-10-24(22)29(26(27)33)17-20-7-3-2-4-8-20/h2-16,23H,17-18H2,1H3,(H,28,32)/t23-,27+/m0/s1. The largest absolute Gasteiger partial charge is 0.305 e. The van der Waals surface area contributed by atoms with Crippen molar-refractivity contribution in [3.63, 3.8) is 0 Å². The van der Waals surface area contributed by atoms with Gasteiger partial charge in [0.1, 0.15) is 0 Å². The quantitative estimate of drug-likeness (QED) is 0.329. The van der Waals surface area contributed by atoms with E-state index in [4.69, 9.17) is 0 Å². The Kier molecular flexibility index (Phi) is 5.56. The van der Waals surface area contributed by atoms with Gasteiger partial charge < -0.3 is 4.90 Å². The molecule has 1 amide bonds. The number of aromatic amines is 1. The van der Waals surface area contributed by atoms with Gasteiger partial charge in [-0.1, -0.05) is 78.4 Å². The normalized spacial score (nSPS) is 17.9. The molecular weight excluding hydrogens is 444 g/mol. The van der Waals surface area contributed by atoms with Crippen molar-refractivity contribution in [2.75, 3.05) is 11.4 Å². The molecule has 2 heterocycles. The number of carbonyl (C=O) groups is 1. The van der Waals surface area contributed by atoms with Crippen molar-refractivity contribution < 1.29 is 9.72 Å². The second kappa shape index (κ2) is 8.72. The lowest BCUT2D eigenvalue weighted by molar-refractivity contribution is -0.485. The Morgan fingerprint density at radius 3 is 2.29 bits per heavy atom. The van der Waals surface area contributed by atoms with Gasteiger partial charge in [-0.3, -0.25) is 29.5 Å². The first kappa shape index (κ1) is 22.3. The minimum atomic E-state index is -1.55. The summed E-state index contributed by atoms with van der Waals surface area (Å²) in [6, 6.07) is 25.6. The predicted molar refractivity (Wildman–Crippen MR) is 132 cm³/mol. The maximum atomic E-state index is 14.5. The molecule has 1 N–H and O–H groups in total. The van der Waals surface area contributed by atoms with Gasteiger partial charge in [-0.15, -0.1) is 0 Å². The van der Waals surface area contributed by atoms with Crippen LogP contribution in [0.25, 0.3) is 0 Å². The zero-order valence-corrected chi connectivity index (χ0v) is 19.1. The fourth-order valence-corrected chi connectivity index (χ4v) is 5.09. The first-order valence-electron chi connectivity index (χ1n) is 11.3. The molecule has 1 aromatic heterocycles. The molecule has 8 heteroatoms. The highest BCUT2D eigenvalue weighted by Crippen LogP contribution is 2.51. The number of benzene rings is 3. The summed E-state index contributed by atoms with van der Waals surface area (Å²) in [5, 5.41) is 14.7. The van der Waals surface area contributed by atoms with Gasteiger partial charge in [-0.05, 0) is 24.1 Å². The van der Waals surface area contributed by atoms with Crippen LogP contribution in [0.15, 0.2) is 95.9 Å². The number of aromatic nitrogens is 2. The Hall–Kier alpha value is -4.46. The molecule has 0 fully saturated rings. The van der Waals surface area contributed by atoms with Crippen LogP contribution < -0.4 is 10.5 Å². The average Bonchev–Trinajstić information content (AvgIpc) is 3.39. The third kappa shape index (κ3) is 3.73. The van der Waals surface area contributed by atoms with Crippen molar-refractivity contribution in [3.05, 3.63) is 134 Å². The van der Waals surface area contributed by atoms with Crippen molar-refractivity contribution >= 4 is 11.6 Å². The van der Waals surface area contributed by atoms with Crippen molar-refractivity contribution in [1.29, 1.82) is 0 Å². The van der Waals surface area contributed by atoms with Gasteiger partial charge in [0, 0.05) is 22.7 Å². The number of fused-ring (bicyclic) bond motifs is 1. The van der Waals surface area contributed by atoms with Gasteiger partial charge in [-0.25, -0.2) is 0 Å². The smallest absolute Gasteiger partial charge is 0.264 e. The van der Waals surface area contributed by atoms with Crippen LogP contribution in [0.5, 0.6) is 0 Å². The highest BCUT2D eigenvalue weighted by molar-refractivity contribution is 6.08. The molecule has 176 valence electrons. The fraction of sp³-hybridized carbons (Fsp3) is 0.185. The van der Waals surface area contributed by atoms with Crippen LogP contribution in [0.1, 0.15) is 28.2 Å². The van der Waals surface area contributed by atoms with Gasteiger partial charge in [-0.2, -0.15) is 0 Å². The molecular formula is C27H24N4O4. The van der Waals surface area contributed by atoms with Crippen LogP contribution in [0.2, 0.25) is 0 Å². The summed E-state index contributed by atoms with van der Waals surface area (Å²) in [5.41, 5.74) is 1.91. The maximum absolute atomic E-state index is 14.5. The first-order chi connectivity index (χ1) is 16.9. The van der Waals surface area contributed by atoms with Gasteiger partial charge >= 0.3 is 0 Å². The Bertz CT molecular complexity index is 1440. The highest BCUT2D eigenvalue weighted by atomic mass is 16.6. The number of rotatable bonds is 7. The number of para-hydroxylation sites is 1. The van der Waals surface area contributed by atoms with Gasteiger partial charge in [0.25, 0.3) is 11.5 Å². The Labute approximate surface area is 201 Å². The average molecular weight is 469 g/mol. The summed E-state index contributed by atoms with van der Waals surface area (Å²) in [6.45, 7) is 1.73. The zero-order chi connectivity index (χ0) is 24.6. The van der Waals surface area contributed by atoms with Crippen molar-refractivity contribution in [3.8, 4) is 0 Å². The van der Waals surface area contributed by atoms with Crippen LogP contribution in [-0.4, -0.2) is 27.2 Å². The van der Waals surface area contributed by atoms with Crippen LogP contribution >= 0.6 is 0 Å². The molecule has 4 aromatic rings. The number of hydrogen-bond acceptors (Lipinski definition) is 4. The first-order valence-corrected chi connectivity index (χ1v) is 11.3. The Morgan fingerprint density at radius 2 is 1.63 bits per heavy atom. The molecule has 1 aliphatic rings. The van der Waals surface area contributed by atoms with E-state index in [2.05, 4.69) is 5.10 Å². The van der Waals surface area contributed by atoms with Crippen LogP contribution in [-0.2, 0) is 16.9 Å². The Balaban J connectivity index is 1.78. The van der Waals surface area contributed by atoms with E-state index in [1.807, 2.05) is 85.8 Å². The summed E-state index contributed by atoms with van der Waals surface area (Å²) in [4.78, 5) is 40.0. The molecule has 8 nitrogen and oxygen atoms in total. The molecule has 0 radical (unpaired) electrons. The molecule has 1 aliphatic heterocycles. The third-order valence-corrected chi connectivity index (χ3v) is 6.66. The number of H-pyrrole nitrogens is 1. The Morgan fingerprint density at radius 1 is 0.943 bits per heavy atom. The van der Waals surface area contributed by atoms with Crippen molar-refractivity contribution in [2.45, 2.75) is 24.9 Å². The SMILES string of the molecule is Cc1ccc([C@H](C[N+](=O)[O-])[C@@]2(n3ccc(=O)[nH]3)C(=O)N(Cc3ccccc3)c3ccccc32)cc1. The summed E-state index contributed by atoms with van der Waals surface area (Å²) in [6.07, 6.45) is 1.50. The number of hydrogen-bond donors (Lipinski definition) is 1. The number of amides is 1. The zero-order valence-electron chi connectivity index (χ0n) is 19.1. The van der Waals surface area contributed by atoms with Gasteiger partial charge in [0.2, 0.25) is 6.54 Å². The summed E-state index contributed by atoms with van der Waals surface area (Å²) in [7, 11) is 0. The number of nitrogens with one attached hydrogen (secondary N) is 1. The van der Waals surface area contributed by atoms with E-state index in [0.717, 1.165) is 11.1 Å². The van der Waals surface area contributed by atoms with E-state index in [9.17, 15) is 19.7 Å². The summed E-state index contributed by atoms with van der Waals surface area (Å²) in [5.74, 6) is -1.21. The fourth-order valence-electron chi connectivity index (χ4n) is 5.09. The molecule has 0 aliphatic carbocycles. The highest BCUT2D eigenvalue weighted by Gasteiger charge is 2.59. The minimum Gasteiger partial charge on any atom is -0.305 e. The molecule has 5 rings (SSSR count). The molecule has 0 spiro atoms. The van der Waals surface area contributed by atoms with Crippen molar-refractivity contribution in [1.82, 2.24) is 9.78 Å². The lowest BCUT2D eigenvalue weighted by atomic mass is 9.74. The number of carbonyl (C=O) groups excluding carboxylic acids is 1. The van der Waals surface area contributed by atoms with Crippen molar-refractivity contribution in [2.24, 2.45) is 0 Å². The van der Waals surface area contributed by atoms with E-state index >= 15 is 0 Å². The molecule has 0 unspecified atom stereocenters. The lowest BCUT2D eigenvalue weighted by Crippen LogP contribution is -2.52. The maximum Gasteiger partial charge on any atom is 0.264 e. The van der Waals surface area contributed by atoms with Crippen LogP contribution in [0.4, 0.5) is 5.69 Å². The van der Waals surface area contributed by atoms with E-state index in [0.29, 0.717) is 23.4 Å². The third-order valence-electron chi connectivity index (χ3n) is 6.66. The number of nitrogens with zero attached hydrogens (tertiary/aromatic N) is 3. The number of aryl methyl sites for hydroxylation is 1. The summed E-state index contributed by atoms with van der Waals surface area (Å²) < 4.78 is 1.45. The van der Waals surface area contributed by atoms with Gasteiger partial charge in [0.15, 0.2) is 5.54 Å². The van der Waals surface area contributed by atoms with E-state index in [1.54, 1.807) is 4.90 Å². The second-order valence-corrected chi connectivity index (χ2v) is 8.80. The predicted octanol–water partition coefficient (Wildman–Crippen LogP) is 3.84. The minimum absolute atomic E-state index is 0.295. The van der Waals surface area contributed by atoms with Crippen LogP contribution in [0.3, 0.4) is 0 Å². The second-order valence-electron chi connectivity index (χ2n) is 8.80. The summed E-state index contributed by atoms with van der Waals surface area (Å²) >= 11 is 0. The molecule has 0 saturated heterocycles. The van der Waals surface area contributed by atoms with E-state index in [1.165, 1.54) is 16.9 Å². The molecule has 0 saturated carbocycles. The molecule has 0 bridgehead atoms. The topological polar surface area (TPSA) is 101 Å². The molecule has 2 atom stereocenters. The number of nitro groups is 1. The number of anilines is 1. The van der Waals surface area contributed by atoms with E-state index in [-0.39, 0.29) is 11.5 Å². The van der Waals surface area contributed by atoms with Gasteiger partial charge in [0.05, 0.1) is 18.2 Å². The molecule has 3 aromatic carbocycles. The van der Waals surface area contributed by atoms with E-state index < -0.39 is 22.9 Å². The lowest BCUT2D eigenvalue weighted by Gasteiger charge is -2.36. The monoisotopic (exact) mass is 468 g/mol. The molecule has 35 heavy (non-hydrogen) atoms.